The Morgan fingerprint density at radius 1 is 0.905 bits per heavy atom. The van der Waals surface area contributed by atoms with Gasteiger partial charge in [-0.15, -0.1) is 0 Å². The molecule has 0 radical (unpaired) electrons. The van der Waals surface area contributed by atoms with E-state index in [1.165, 1.54) is 6.07 Å². The SMILES string of the molecule is CCOC(=O)c1ccccc1CN(c1ccc(OCCc2nc(-c3ccccc3)oc2C)cc1)c1ccc(F)c(C)c1. The molecule has 4 aromatic carbocycles. The molecular formula is C35H33FN2O4. The summed E-state index contributed by atoms with van der Waals surface area (Å²) in [6.45, 7) is 6.55. The van der Waals surface area contributed by atoms with E-state index in [1.807, 2.05) is 84.6 Å². The summed E-state index contributed by atoms with van der Waals surface area (Å²) in [4.78, 5) is 19.3. The Hall–Kier alpha value is -4.91. The van der Waals surface area contributed by atoms with E-state index < -0.39 is 0 Å². The number of oxazole rings is 1. The van der Waals surface area contributed by atoms with Gasteiger partial charge >= 0.3 is 5.97 Å². The molecule has 0 aliphatic heterocycles. The number of esters is 1. The van der Waals surface area contributed by atoms with Gasteiger partial charge in [0.2, 0.25) is 5.89 Å². The van der Waals surface area contributed by atoms with Crippen molar-refractivity contribution in [1.29, 1.82) is 0 Å². The van der Waals surface area contributed by atoms with Crippen LogP contribution in [0.4, 0.5) is 15.8 Å². The number of rotatable bonds is 11. The molecule has 42 heavy (non-hydrogen) atoms. The van der Waals surface area contributed by atoms with Crippen molar-refractivity contribution in [3.63, 3.8) is 0 Å². The monoisotopic (exact) mass is 564 g/mol. The average molecular weight is 565 g/mol. The third-order valence-electron chi connectivity index (χ3n) is 6.96. The fourth-order valence-electron chi connectivity index (χ4n) is 4.72. The first kappa shape index (κ1) is 28.6. The van der Waals surface area contributed by atoms with Gasteiger partial charge in [0.05, 0.1) is 24.5 Å². The highest BCUT2D eigenvalue weighted by Crippen LogP contribution is 2.31. The summed E-state index contributed by atoms with van der Waals surface area (Å²) < 4.78 is 31.3. The molecule has 0 aliphatic carbocycles. The summed E-state index contributed by atoms with van der Waals surface area (Å²) in [5.74, 6) is 1.46. The number of hydrogen-bond acceptors (Lipinski definition) is 6. The number of carbonyl (C=O) groups is 1. The summed E-state index contributed by atoms with van der Waals surface area (Å²) in [6, 6.07) is 29.9. The second kappa shape index (κ2) is 13.2. The number of anilines is 2. The molecule has 0 amide bonds. The summed E-state index contributed by atoms with van der Waals surface area (Å²) >= 11 is 0. The maximum absolute atomic E-state index is 14.1. The molecule has 0 fully saturated rings. The zero-order chi connectivity index (χ0) is 29.5. The van der Waals surface area contributed by atoms with E-state index in [1.54, 1.807) is 32.0 Å². The first-order chi connectivity index (χ1) is 20.4. The molecule has 0 N–H and O–H groups in total. The highest BCUT2D eigenvalue weighted by atomic mass is 19.1. The van der Waals surface area contributed by atoms with Crippen LogP contribution in [-0.4, -0.2) is 24.2 Å². The molecule has 7 heteroatoms. The molecule has 0 spiro atoms. The molecular weight excluding hydrogens is 531 g/mol. The zero-order valence-electron chi connectivity index (χ0n) is 24.0. The van der Waals surface area contributed by atoms with Gasteiger partial charge in [-0.2, -0.15) is 0 Å². The summed E-state index contributed by atoms with van der Waals surface area (Å²) in [5.41, 5.74) is 5.31. The van der Waals surface area contributed by atoms with Gasteiger partial charge in [-0.25, -0.2) is 14.2 Å². The lowest BCUT2D eigenvalue weighted by molar-refractivity contribution is 0.0525. The fourth-order valence-corrected chi connectivity index (χ4v) is 4.72. The number of ether oxygens (including phenoxy) is 2. The zero-order valence-corrected chi connectivity index (χ0v) is 24.0. The number of halogens is 1. The van der Waals surface area contributed by atoms with Crippen molar-refractivity contribution in [3.8, 4) is 17.2 Å². The third kappa shape index (κ3) is 6.69. The minimum atomic E-state index is -0.370. The van der Waals surface area contributed by atoms with Crippen molar-refractivity contribution in [1.82, 2.24) is 4.98 Å². The quantitative estimate of drug-likeness (QED) is 0.151. The third-order valence-corrected chi connectivity index (χ3v) is 6.96. The molecule has 5 aromatic rings. The molecule has 0 atom stereocenters. The summed E-state index contributed by atoms with van der Waals surface area (Å²) in [7, 11) is 0. The lowest BCUT2D eigenvalue weighted by atomic mass is 10.1. The molecule has 0 aliphatic rings. The van der Waals surface area contributed by atoms with Crippen LogP contribution in [0.15, 0.2) is 101 Å². The minimum absolute atomic E-state index is 0.271. The highest BCUT2D eigenvalue weighted by molar-refractivity contribution is 5.91. The van der Waals surface area contributed by atoms with Gasteiger partial charge in [0.1, 0.15) is 17.3 Å². The van der Waals surface area contributed by atoms with Crippen LogP contribution in [0.1, 0.15) is 39.9 Å². The number of benzene rings is 4. The van der Waals surface area contributed by atoms with E-state index in [-0.39, 0.29) is 11.8 Å². The normalized spacial score (nSPS) is 10.9. The maximum Gasteiger partial charge on any atom is 0.338 e. The van der Waals surface area contributed by atoms with Gasteiger partial charge in [-0.3, -0.25) is 0 Å². The molecule has 6 nitrogen and oxygen atoms in total. The van der Waals surface area contributed by atoms with Crippen molar-refractivity contribution in [2.45, 2.75) is 33.7 Å². The van der Waals surface area contributed by atoms with Crippen LogP contribution in [0.5, 0.6) is 5.75 Å². The lowest BCUT2D eigenvalue weighted by Crippen LogP contribution is -2.19. The Morgan fingerprint density at radius 3 is 2.36 bits per heavy atom. The second-order valence-corrected chi connectivity index (χ2v) is 9.88. The highest BCUT2D eigenvalue weighted by Gasteiger charge is 2.18. The Bertz CT molecular complexity index is 1650. The predicted octanol–water partition coefficient (Wildman–Crippen LogP) is 8.23. The largest absolute Gasteiger partial charge is 0.493 e. The van der Waals surface area contributed by atoms with Crippen molar-refractivity contribution in [2.24, 2.45) is 0 Å². The van der Waals surface area contributed by atoms with Crippen molar-refractivity contribution < 1.29 is 23.1 Å². The Kier molecular flexibility index (Phi) is 8.97. The smallest absolute Gasteiger partial charge is 0.338 e. The van der Waals surface area contributed by atoms with Crippen molar-refractivity contribution in [3.05, 3.63) is 131 Å². The second-order valence-electron chi connectivity index (χ2n) is 9.88. The van der Waals surface area contributed by atoms with Crippen molar-refractivity contribution in [2.75, 3.05) is 18.1 Å². The van der Waals surface area contributed by atoms with E-state index in [2.05, 4.69) is 4.98 Å². The van der Waals surface area contributed by atoms with Gasteiger partial charge in [0.25, 0.3) is 0 Å². The van der Waals surface area contributed by atoms with Gasteiger partial charge in [0, 0.05) is 29.9 Å². The summed E-state index contributed by atoms with van der Waals surface area (Å²) in [5, 5.41) is 0. The van der Waals surface area contributed by atoms with Gasteiger partial charge < -0.3 is 18.8 Å². The number of hydrogen-bond donors (Lipinski definition) is 0. The average Bonchev–Trinajstić information content (AvgIpc) is 3.38. The van der Waals surface area contributed by atoms with E-state index in [4.69, 9.17) is 13.9 Å². The first-order valence-corrected chi connectivity index (χ1v) is 14.0. The summed E-state index contributed by atoms with van der Waals surface area (Å²) in [6.07, 6.45) is 0.607. The van der Waals surface area contributed by atoms with Crippen molar-refractivity contribution >= 4 is 17.3 Å². The Labute approximate surface area is 245 Å². The van der Waals surface area contributed by atoms with Gasteiger partial charge in [0.15, 0.2) is 0 Å². The van der Waals surface area contributed by atoms with E-state index in [9.17, 15) is 9.18 Å². The topological polar surface area (TPSA) is 64.8 Å². The number of nitrogens with zero attached hydrogens (tertiary/aromatic N) is 2. The molecule has 0 saturated carbocycles. The lowest BCUT2D eigenvalue weighted by Gasteiger charge is -2.27. The van der Waals surface area contributed by atoms with E-state index in [0.717, 1.165) is 34.0 Å². The Balaban J connectivity index is 1.32. The fraction of sp³-hybridized carbons (Fsp3) is 0.200. The van der Waals surface area contributed by atoms with E-state index in [0.29, 0.717) is 48.9 Å². The van der Waals surface area contributed by atoms with Crippen LogP contribution in [0, 0.1) is 19.7 Å². The minimum Gasteiger partial charge on any atom is -0.493 e. The van der Waals surface area contributed by atoms with Crippen LogP contribution in [0.3, 0.4) is 0 Å². The van der Waals surface area contributed by atoms with Crippen LogP contribution in [-0.2, 0) is 17.7 Å². The molecule has 0 bridgehead atoms. The molecule has 1 aromatic heterocycles. The van der Waals surface area contributed by atoms with Gasteiger partial charge in [-0.1, -0.05) is 36.4 Å². The molecule has 5 rings (SSSR count). The van der Waals surface area contributed by atoms with Gasteiger partial charge in [-0.05, 0) is 92.6 Å². The van der Waals surface area contributed by atoms with E-state index >= 15 is 0 Å². The Morgan fingerprint density at radius 2 is 1.62 bits per heavy atom. The molecule has 0 unspecified atom stereocenters. The van der Waals surface area contributed by atoms with Crippen LogP contribution in [0.2, 0.25) is 0 Å². The van der Waals surface area contributed by atoms with Crippen LogP contribution >= 0.6 is 0 Å². The van der Waals surface area contributed by atoms with Crippen LogP contribution < -0.4 is 9.64 Å². The standard InChI is InChI=1S/C35H33FN2O4/c1-4-40-35(39)31-13-9-8-12-27(31)23-38(29-16-19-32(36)24(2)22-29)28-14-17-30(18-15-28)41-21-20-33-25(3)42-34(37-33)26-10-6-5-7-11-26/h5-19,22H,4,20-21,23H2,1-3H3. The number of aryl methyl sites for hydroxylation is 2. The number of aromatic nitrogens is 1. The van der Waals surface area contributed by atoms with Crippen LogP contribution in [0.25, 0.3) is 11.5 Å². The molecule has 214 valence electrons. The maximum atomic E-state index is 14.1. The number of carbonyl (C=O) groups excluding carboxylic acids is 1. The molecule has 0 saturated heterocycles. The first-order valence-electron chi connectivity index (χ1n) is 14.0. The molecule has 1 heterocycles. The predicted molar refractivity (Wildman–Crippen MR) is 162 cm³/mol.